The molecule has 4 heteroatoms. The third-order valence-electron chi connectivity index (χ3n) is 3.43. The Bertz CT molecular complexity index is 655. The Kier molecular flexibility index (Phi) is 6.01. The molecule has 0 radical (unpaired) electrons. The van der Waals surface area contributed by atoms with Crippen LogP contribution >= 0.6 is 15.9 Å². The number of benzene rings is 2. The Hall–Kier alpha value is -1.81. The highest BCUT2D eigenvalue weighted by atomic mass is 79.9. The van der Waals surface area contributed by atoms with Gasteiger partial charge in [-0.25, -0.2) is 0 Å². The van der Waals surface area contributed by atoms with Crippen molar-refractivity contribution in [3.8, 4) is 5.75 Å². The lowest BCUT2D eigenvalue weighted by molar-refractivity contribution is -0.120. The molecule has 2 aromatic rings. The molecule has 1 N–H and O–H groups in total. The Morgan fingerprint density at radius 1 is 1.14 bits per heavy atom. The van der Waals surface area contributed by atoms with Crippen molar-refractivity contribution in [2.75, 3.05) is 13.2 Å². The summed E-state index contributed by atoms with van der Waals surface area (Å²) in [6.07, 6.45) is 0.378. The Balaban J connectivity index is 1.72. The highest BCUT2D eigenvalue weighted by Crippen LogP contribution is 2.16. The van der Waals surface area contributed by atoms with Crippen molar-refractivity contribution in [3.63, 3.8) is 0 Å². The summed E-state index contributed by atoms with van der Waals surface area (Å²) in [6.45, 7) is 5.09. The van der Waals surface area contributed by atoms with E-state index in [0.717, 1.165) is 15.8 Å². The molecule has 0 aliphatic heterocycles. The number of rotatable bonds is 6. The fourth-order valence-corrected chi connectivity index (χ4v) is 2.50. The summed E-state index contributed by atoms with van der Waals surface area (Å²) in [5.41, 5.74) is 3.44. The lowest BCUT2D eigenvalue weighted by Gasteiger charge is -2.09. The van der Waals surface area contributed by atoms with Gasteiger partial charge in [-0.2, -0.15) is 0 Å². The van der Waals surface area contributed by atoms with Gasteiger partial charge in [-0.15, -0.1) is 0 Å². The predicted octanol–water partition coefficient (Wildman–Crippen LogP) is 3.80. The molecule has 22 heavy (non-hydrogen) atoms. The monoisotopic (exact) mass is 361 g/mol. The third kappa shape index (κ3) is 5.19. The quantitative estimate of drug-likeness (QED) is 0.794. The number of ether oxygens (including phenoxy) is 1. The van der Waals surface area contributed by atoms with Crippen molar-refractivity contribution < 1.29 is 9.53 Å². The van der Waals surface area contributed by atoms with Crippen LogP contribution in [0.15, 0.2) is 46.9 Å². The van der Waals surface area contributed by atoms with E-state index in [9.17, 15) is 4.79 Å². The number of amides is 1. The van der Waals surface area contributed by atoms with E-state index >= 15 is 0 Å². The molecule has 0 bridgehead atoms. The number of carbonyl (C=O) groups is 1. The van der Waals surface area contributed by atoms with Gasteiger partial charge in [-0.3, -0.25) is 4.79 Å². The molecule has 2 aromatic carbocycles. The molecule has 1 amide bonds. The average molecular weight is 362 g/mol. The average Bonchev–Trinajstić information content (AvgIpc) is 2.47. The lowest BCUT2D eigenvalue weighted by atomic mass is 10.1. The fraction of sp³-hybridized carbons (Fsp3) is 0.278. The minimum atomic E-state index is 0.00165. The summed E-state index contributed by atoms with van der Waals surface area (Å²) < 4.78 is 6.62. The fourth-order valence-electron chi connectivity index (χ4n) is 2.06. The minimum absolute atomic E-state index is 0.00165. The number of hydrogen-bond donors (Lipinski definition) is 1. The number of carbonyl (C=O) groups excluding carboxylic acids is 1. The molecule has 0 aliphatic carbocycles. The van der Waals surface area contributed by atoms with E-state index in [2.05, 4.69) is 35.1 Å². The molecule has 0 saturated heterocycles. The van der Waals surface area contributed by atoms with Gasteiger partial charge in [-0.05, 0) is 54.8 Å². The predicted molar refractivity (Wildman–Crippen MR) is 92.3 cm³/mol. The molecule has 0 heterocycles. The summed E-state index contributed by atoms with van der Waals surface area (Å²) in [7, 11) is 0. The van der Waals surface area contributed by atoms with Crippen molar-refractivity contribution in [3.05, 3.63) is 63.6 Å². The molecular formula is C18H20BrNO2. The molecule has 0 aromatic heterocycles. The second-order valence-corrected chi connectivity index (χ2v) is 6.17. The zero-order chi connectivity index (χ0) is 15.9. The van der Waals surface area contributed by atoms with Crippen LogP contribution in [0.1, 0.15) is 16.7 Å². The van der Waals surface area contributed by atoms with E-state index in [1.54, 1.807) is 0 Å². The molecule has 0 spiro atoms. The maximum atomic E-state index is 11.9. The number of aryl methyl sites for hydroxylation is 2. The molecule has 116 valence electrons. The van der Waals surface area contributed by atoms with Gasteiger partial charge in [0.05, 0.1) is 13.0 Å². The van der Waals surface area contributed by atoms with Crippen LogP contribution in [-0.4, -0.2) is 19.1 Å². The highest BCUT2D eigenvalue weighted by Gasteiger charge is 2.03. The minimum Gasteiger partial charge on any atom is -0.492 e. The zero-order valence-electron chi connectivity index (χ0n) is 12.9. The maximum absolute atomic E-state index is 11.9. The summed E-state index contributed by atoms with van der Waals surface area (Å²) in [5, 5.41) is 2.87. The van der Waals surface area contributed by atoms with Crippen LogP contribution in [0.3, 0.4) is 0 Å². The van der Waals surface area contributed by atoms with Gasteiger partial charge in [0.15, 0.2) is 0 Å². The second kappa shape index (κ2) is 7.99. The molecular weight excluding hydrogens is 342 g/mol. The van der Waals surface area contributed by atoms with Crippen LogP contribution in [-0.2, 0) is 11.2 Å². The van der Waals surface area contributed by atoms with Crippen molar-refractivity contribution in [2.45, 2.75) is 20.3 Å². The van der Waals surface area contributed by atoms with E-state index < -0.39 is 0 Å². The zero-order valence-corrected chi connectivity index (χ0v) is 14.4. The number of hydrogen-bond acceptors (Lipinski definition) is 2. The van der Waals surface area contributed by atoms with E-state index in [0.29, 0.717) is 19.6 Å². The van der Waals surface area contributed by atoms with Crippen molar-refractivity contribution >= 4 is 21.8 Å². The van der Waals surface area contributed by atoms with Crippen LogP contribution in [0.4, 0.5) is 0 Å². The topological polar surface area (TPSA) is 38.3 Å². The summed E-state index contributed by atoms with van der Waals surface area (Å²) in [6, 6.07) is 13.8. The van der Waals surface area contributed by atoms with E-state index in [4.69, 9.17) is 4.74 Å². The lowest BCUT2D eigenvalue weighted by Crippen LogP contribution is -2.29. The number of halogens is 1. The van der Waals surface area contributed by atoms with Crippen molar-refractivity contribution in [2.24, 2.45) is 0 Å². The van der Waals surface area contributed by atoms with Crippen LogP contribution < -0.4 is 10.1 Å². The first kappa shape index (κ1) is 16.6. The van der Waals surface area contributed by atoms with Gasteiger partial charge >= 0.3 is 0 Å². The second-order valence-electron chi connectivity index (χ2n) is 5.25. The van der Waals surface area contributed by atoms with Gasteiger partial charge in [-0.1, -0.05) is 34.1 Å². The van der Waals surface area contributed by atoms with Crippen molar-refractivity contribution in [1.82, 2.24) is 5.32 Å². The van der Waals surface area contributed by atoms with E-state index in [1.165, 1.54) is 11.1 Å². The Morgan fingerprint density at radius 2 is 1.95 bits per heavy atom. The molecule has 0 fully saturated rings. The standard InChI is InChI=1S/C18H20BrNO2/c1-13-6-7-17(10-14(13)2)22-9-8-20-18(21)12-15-4-3-5-16(19)11-15/h3-7,10-11H,8-9,12H2,1-2H3,(H,20,21). The molecule has 2 rings (SSSR count). The van der Waals surface area contributed by atoms with Crippen LogP contribution in [0.2, 0.25) is 0 Å². The SMILES string of the molecule is Cc1ccc(OCCNC(=O)Cc2cccc(Br)c2)cc1C. The van der Waals surface area contributed by atoms with Gasteiger partial charge in [0.2, 0.25) is 5.91 Å². The molecule has 0 atom stereocenters. The van der Waals surface area contributed by atoms with Crippen molar-refractivity contribution in [1.29, 1.82) is 0 Å². The van der Waals surface area contributed by atoms with E-state index in [1.807, 2.05) is 42.5 Å². The van der Waals surface area contributed by atoms with Gasteiger partial charge in [0.25, 0.3) is 0 Å². The molecule has 0 unspecified atom stereocenters. The highest BCUT2D eigenvalue weighted by molar-refractivity contribution is 9.10. The van der Waals surface area contributed by atoms with Crippen LogP contribution in [0.25, 0.3) is 0 Å². The smallest absolute Gasteiger partial charge is 0.224 e. The van der Waals surface area contributed by atoms with Gasteiger partial charge in [0, 0.05) is 4.47 Å². The van der Waals surface area contributed by atoms with Crippen LogP contribution in [0.5, 0.6) is 5.75 Å². The summed E-state index contributed by atoms with van der Waals surface area (Å²) >= 11 is 3.40. The van der Waals surface area contributed by atoms with Gasteiger partial charge in [0.1, 0.15) is 12.4 Å². The first-order chi connectivity index (χ1) is 10.5. The first-order valence-corrected chi connectivity index (χ1v) is 8.05. The number of nitrogens with one attached hydrogen (secondary N) is 1. The Labute approximate surface area is 139 Å². The largest absolute Gasteiger partial charge is 0.492 e. The molecule has 3 nitrogen and oxygen atoms in total. The summed E-state index contributed by atoms with van der Waals surface area (Å²) in [4.78, 5) is 11.9. The van der Waals surface area contributed by atoms with Crippen LogP contribution in [0, 0.1) is 13.8 Å². The van der Waals surface area contributed by atoms with E-state index in [-0.39, 0.29) is 5.91 Å². The normalized spacial score (nSPS) is 10.3. The maximum Gasteiger partial charge on any atom is 0.224 e. The van der Waals surface area contributed by atoms with Gasteiger partial charge < -0.3 is 10.1 Å². The molecule has 0 saturated carbocycles. The Morgan fingerprint density at radius 3 is 2.68 bits per heavy atom. The molecule has 0 aliphatic rings. The summed E-state index contributed by atoms with van der Waals surface area (Å²) in [5.74, 6) is 0.839. The first-order valence-electron chi connectivity index (χ1n) is 7.26. The third-order valence-corrected chi connectivity index (χ3v) is 3.92.